The Kier molecular flexibility index (Phi) is 5.25. The van der Waals surface area contributed by atoms with Gasteiger partial charge in [-0.15, -0.1) is 0 Å². The first-order valence-corrected chi connectivity index (χ1v) is 7.73. The van der Waals surface area contributed by atoms with E-state index in [1.54, 1.807) is 0 Å². The molecular weight excluding hydrogens is 304 g/mol. The highest BCUT2D eigenvalue weighted by Gasteiger charge is 2.22. The summed E-state index contributed by atoms with van der Waals surface area (Å²) in [5, 5.41) is 9.21. The number of halogens is 1. The average Bonchev–Trinajstić information content (AvgIpc) is 2.56. The standard InChI is InChI=1S/C15H23BrN2O/c1-12-4-5-13(10-15(12)16)18-8-3-7-17(2)14(11-18)6-9-19/h4-5,10,14,19H,3,6-9,11H2,1-2H3. The van der Waals surface area contributed by atoms with Gasteiger partial charge in [0.15, 0.2) is 0 Å². The van der Waals surface area contributed by atoms with Crippen LogP contribution in [-0.4, -0.2) is 49.3 Å². The third-order valence-electron chi connectivity index (χ3n) is 3.98. The van der Waals surface area contributed by atoms with Gasteiger partial charge in [0.2, 0.25) is 0 Å². The van der Waals surface area contributed by atoms with Crippen LogP contribution < -0.4 is 4.90 Å². The Labute approximate surface area is 124 Å². The monoisotopic (exact) mass is 326 g/mol. The molecule has 1 aliphatic heterocycles. The van der Waals surface area contributed by atoms with Crippen LogP contribution in [0.25, 0.3) is 0 Å². The Morgan fingerprint density at radius 2 is 2.16 bits per heavy atom. The molecule has 1 fully saturated rings. The number of hydrogen-bond acceptors (Lipinski definition) is 3. The maximum Gasteiger partial charge on any atom is 0.0446 e. The molecule has 106 valence electrons. The van der Waals surface area contributed by atoms with Gasteiger partial charge >= 0.3 is 0 Å². The zero-order valence-electron chi connectivity index (χ0n) is 11.8. The van der Waals surface area contributed by atoms with Crippen molar-refractivity contribution in [1.29, 1.82) is 0 Å². The highest BCUT2D eigenvalue weighted by molar-refractivity contribution is 9.10. The van der Waals surface area contributed by atoms with E-state index in [1.165, 1.54) is 22.1 Å². The normalized spacial score (nSPS) is 21.5. The lowest BCUT2D eigenvalue weighted by Crippen LogP contribution is -2.39. The molecule has 1 atom stereocenters. The van der Waals surface area contributed by atoms with Crippen molar-refractivity contribution in [3.63, 3.8) is 0 Å². The maximum absolute atomic E-state index is 9.21. The number of anilines is 1. The smallest absolute Gasteiger partial charge is 0.0446 e. The van der Waals surface area contributed by atoms with E-state index < -0.39 is 0 Å². The number of benzene rings is 1. The van der Waals surface area contributed by atoms with E-state index in [0.717, 1.165) is 26.1 Å². The van der Waals surface area contributed by atoms with Gasteiger partial charge in [-0.2, -0.15) is 0 Å². The third-order valence-corrected chi connectivity index (χ3v) is 4.83. The molecule has 0 spiro atoms. The topological polar surface area (TPSA) is 26.7 Å². The lowest BCUT2D eigenvalue weighted by atomic mass is 10.1. The van der Waals surface area contributed by atoms with Gasteiger partial charge in [0.05, 0.1) is 0 Å². The molecule has 1 unspecified atom stereocenters. The summed E-state index contributed by atoms with van der Waals surface area (Å²) in [4.78, 5) is 4.81. The minimum absolute atomic E-state index is 0.264. The SMILES string of the molecule is Cc1ccc(N2CCCN(C)C(CCO)C2)cc1Br. The van der Waals surface area contributed by atoms with Crippen LogP contribution in [0, 0.1) is 6.92 Å². The quantitative estimate of drug-likeness (QED) is 0.925. The van der Waals surface area contributed by atoms with Crippen LogP contribution in [0.15, 0.2) is 22.7 Å². The molecular formula is C15H23BrN2O. The molecule has 1 N–H and O–H groups in total. The number of aliphatic hydroxyl groups is 1. The van der Waals surface area contributed by atoms with Crippen molar-refractivity contribution < 1.29 is 5.11 Å². The van der Waals surface area contributed by atoms with Gasteiger partial charge in [-0.05, 0) is 51.1 Å². The van der Waals surface area contributed by atoms with Gasteiger partial charge in [-0.3, -0.25) is 0 Å². The summed E-state index contributed by atoms with van der Waals surface area (Å²) >= 11 is 3.61. The van der Waals surface area contributed by atoms with Crippen molar-refractivity contribution in [2.45, 2.75) is 25.8 Å². The highest BCUT2D eigenvalue weighted by atomic mass is 79.9. The van der Waals surface area contributed by atoms with Gasteiger partial charge in [-0.25, -0.2) is 0 Å². The van der Waals surface area contributed by atoms with Crippen molar-refractivity contribution >= 4 is 21.6 Å². The van der Waals surface area contributed by atoms with Crippen LogP contribution in [0.3, 0.4) is 0 Å². The van der Waals surface area contributed by atoms with Crippen LogP contribution in [0.5, 0.6) is 0 Å². The largest absolute Gasteiger partial charge is 0.396 e. The molecule has 1 aromatic carbocycles. The second-order valence-electron chi connectivity index (χ2n) is 5.38. The first-order valence-electron chi connectivity index (χ1n) is 6.94. The van der Waals surface area contributed by atoms with Crippen molar-refractivity contribution in [1.82, 2.24) is 4.90 Å². The van der Waals surface area contributed by atoms with Crippen molar-refractivity contribution in [3.05, 3.63) is 28.2 Å². The molecule has 1 saturated heterocycles. The number of nitrogens with zero attached hydrogens (tertiary/aromatic N) is 2. The van der Waals surface area contributed by atoms with Crippen molar-refractivity contribution in [3.8, 4) is 0 Å². The molecule has 4 heteroatoms. The number of rotatable bonds is 3. The van der Waals surface area contributed by atoms with Gasteiger partial charge < -0.3 is 14.9 Å². The van der Waals surface area contributed by atoms with Crippen LogP contribution in [0.1, 0.15) is 18.4 Å². The first-order chi connectivity index (χ1) is 9.11. The summed E-state index contributed by atoms with van der Waals surface area (Å²) < 4.78 is 1.17. The maximum atomic E-state index is 9.21. The fourth-order valence-corrected chi connectivity index (χ4v) is 3.02. The predicted molar refractivity (Wildman–Crippen MR) is 83.8 cm³/mol. The average molecular weight is 327 g/mol. The number of aliphatic hydroxyl groups excluding tert-OH is 1. The van der Waals surface area contributed by atoms with Gasteiger partial charge in [0.25, 0.3) is 0 Å². The van der Waals surface area contributed by atoms with Gasteiger partial charge in [-0.1, -0.05) is 22.0 Å². The Hall–Kier alpha value is -0.580. The highest BCUT2D eigenvalue weighted by Crippen LogP contribution is 2.25. The van der Waals surface area contributed by atoms with Gasteiger partial charge in [0, 0.05) is 35.9 Å². The number of hydrogen-bond donors (Lipinski definition) is 1. The van der Waals surface area contributed by atoms with E-state index in [4.69, 9.17) is 0 Å². The zero-order valence-corrected chi connectivity index (χ0v) is 13.4. The molecule has 0 aliphatic carbocycles. The lowest BCUT2D eigenvalue weighted by molar-refractivity contribution is 0.196. The molecule has 3 nitrogen and oxygen atoms in total. The number of aryl methyl sites for hydroxylation is 1. The Bertz CT molecular complexity index is 425. The molecule has 2 rings (SSSR count). The molecule has 0 aromatic heterocycles. The van der Waals surface area contributed by atoms with Crippen LogP contribution in [0.2, 0.25) is 0 Å². The molecule has 0 bridgehead atoms. The minimum Gasteiger partial charge on any atom is -0.396 e. The second-order valence-corrected chi connectivity index (χ2v) is 6.23. The second kappa shape index (κ2) is 6.73. The molecule has 1 aromatic rings. The summed E-state index contributed by atoms with van der Waals surface area (Å²) in [6.07, 6.45) is 2.02. The fraction of sp³-hybridized carbons (Fsp3) is 0.600. The predicted octanol–water partition coefficient (Wildman–Crippen LogP) is 2.65. The number of likely N-dealkylation sites (N-methyl/N-ethyl adjacent to an activating group) is 1. The minimum atomic E-state index is 0.264. The summed E-state index contributed by atoms with van der Waals surface area (Å²) in [5.41, 5.74) is 2.54. The molecule has 0 radical (unpaired) electrons. The van der Waals surface area contributed by atoms with Crippen LogP contribution >= 0.6 is 15.9 Å². The van der Waals surface area contributed by atoms with E-state index in [2.05, 4.69) is 57.9 Å². The zero-order chi connectivity index (χ0) is 13.8. The summed E-state index contributed by atoms with van der Waals surface area (Å²) in [5.74, 6) is 0. The van der Waals surface area contributed by atoms with Crippen molar-refractivity contribution in [2.75, 3.05) is 38.2 Å². The van der Waals surface area contributed by atoms with Crippen LogP contribution in [-0.2, 0) is 0 Å². The van der Waals surface area contributed by atoms with E-state index in [1.807, 2.05) is 0 Å². The molecule has 1 heterocycles. The Morgan fingerprint density at radius 1 is 1.37 bits per heavy atom. The van der Waals surface area contributed by atoms with Crippen LogP contribution in [0.4, 0.5) is 5.69 Å². The summed E-state index contributed by atoms with van der Waals surface area (Å²) in [6.45, 7) is 5.56. The van der Waals surface area contributed by atoms with Crippen molar-refractivity contribution in [2.24, 2.45) is 0 Å². The van der Waals surface area contributed by atoms with E-state index in [-0.39, 0.29) is 6.61 Å². The summed E-state index contributed by atoms with van der Waals surface area (Å²) in [6, 6.07) is 7.00. The Morgan fingerprint density at radius 3 is 2.84 bits per heavy atom. The lowest BCUT2D eigenvalue weighted by Gasteiger charge is -2.30. The van der Waals surface area contributed by atoms with E-state index in [0.29, 0.717) is 6.04 Å². The molecule has 0 amide bonds. The van der Waals surface area contributed by atoms with E-state index >= 15 is 0 Å². The van der Waals surface area contributed by atoms with Gasteiger partial charge in [0.1, 0.15) is 0 Å². The Balaban J connectivity index is 2.15. The first kappa shape index (κ1) is 14.8. The fourth-order valence-electron chi connectivity index (χ4n) is 2.65. The summed E-state index contributed by atoms with van der Waals surface area (Å²) in [7, 11) is 2.16. The molecule has 0 saturated carbocycles. The molecule has 19 heavy (non-hydrogen) atoms. The van der Waals surface area contributed by atoms with E-state index in [9.17, 15) is 5.11 Å². The molecule has 1 aliphatic rings. The third kappa shape index (κ3) is 3.71.